The normalized spacial score (nSPS) is 12.0. The molecule has 0 unspecified atom stereocenters. The van der Waals surface area contributed by atoms with Gasteiger partial charge in [-0.25, -0.2) is 17.8 Å². The first-order valence-electron chi connectivity index (χ1n) is 10.5. The van der Waals surface area contributed by atoms with Crippen molar-refractivity contribution in [3.63, 3.8) is 0 Å². The standard InChI is InChI=1S/C24H20F3N3O5S/c1-15-22(31)30(18-5-9-20(10-6-18)36(33,34)24(25,26)27)23(32)29(15)14-17-11-12-28-13-21(17)16-3-7-19(35-2)8-4-16/h3-13,31H,14H2,1-2H3. The molecule has 1 N–H and O–H groups in total. The van der Waals surface area contributed by atoms with Gasteiger partial charge in [0.15, 0.2) is 0 Å². The van der Waals surface area contributed by atoms with Crippen LogP contribution in [0, 0.1) is 6.92 Å². The van der Waals surface area contributed by atoms with E-state index in [1.807, 2.05) is 12.1 Å². The summed E-state index contributed by atoms with van der Waals surface area (Å²) < 4.78 is 69.1. The lowest BCUT2D eigenvalue weighted by molar-refractivity contribution is -0.0436. The summed E-state index contributed by atoms with van der Waals surface area (Å²) >= 11 is 0. The van der Waals surface area contributed by atoms with E-state index in [1.54, 1.807) is 37.7 Å². The number of aromatic nitrogens is 3. The molecule has 2 aromatic heterocycles. The van der Waals surface area contributed by atoms with Crippen LogP contribution in [0.1, 0.15) is 11.3 Å². The predicted molar refractivity (Wildman–Crippen MR) is 125 cm³/mol. The molecule has 0 bridgehead atoms. The summed E-state index contributed by atoms with van der Waals surface area (Å²) in [5.74, 6) is 0.249. The van der Waals surface area contributed by atoms with Crippen LogP contribution in [0.15, 0.2) is 76.7 Å². The fraction of sp³-hybridized carbons (Fsp3) is 0.167. The topological polar surface area (TPSA) is 103 Å². The molecule has 0 amide bonds. The maximum atomic E-state index is 13.2. The summed E-state index contributed by atoms with van der Waals surface area (Å²) in [6.45, 7) is 1.58. The zero-order chi connectivity index (χ0) is 26.3. The third-order valence-electron chi connectivity index (χ3n) is 5.71. The highest BCUT2D eigenvalue weighted by molar-refractivity contribution is 7.92. The van der Waals surface area contributed by atoms with E-state index in [0.29, 0.717) is 5.75 Å². The van der Waals surface area contributed by atoms with Crippen molar-refractivity contribution in [2.45, 2.75) is 23.9 Å². The zero-order valence-electron chi connectivity index (χ0n) is 19.0. The van der Waals surface area contributed by atoms with E-state index in [2.05, 4.69) is 4.98 Å². The second kappa shape index (κ2) is 9.19. The third kappa shape index (κ3) is 4.35. The van der Waals surface area contributed by atoms with Crippen LogP contribution >= 0.6 is 0 Å². The van der Waals surface area contributed by atoms with E-state index in [4.69, 9.17) is 4.74 Å². The number of pyridine rings is 1. The van der Waals surface area contributed by atoms with Crippen LogP contribution in [0.3, 0.4) is 0 Å². The van der Waals surface area contributed by atoms with Crippen molar-refractivity contribution in [1.82, 2.24) is 14.1 Å². The lowest BCUT2D eigenvalue weighted by Crippen LogP contribution is -2.25. The van der Waals surface area contributed by atoms with Crippen molar-refractivity contribution >= 4 is 9.84 Å². The van der Waals surface area contributed by atoms with Gasteiger partial charge in [0.05, 0.1) is 29.9 Å². The second-order valence-corrected chi connectivity index (χ2v) is 9.76. The van der Waals surface area contributed by atoms with E-state index in [-0.39, 0.29) is 17.9 Å². The Kier molecular flexibility index (Phi) is 6.39. The lowest BCUT2D eigenvalue weighted by Gasteiger charge is -2.11. The molecular formula is C24H20F3N3O5S. The monoisotopic (exact) mass is 519 g/mol. The molecule has 0 aliphatic heterocycles. The summed E-state index contributed by atoms with van der Waals surface area (Å²) in [6.07, 6.45) is 3.22. The van der Waals surface area contributed by atoms with Crippen molar-refractivity contribution in [1.29, 1.82) is 0 Å². The number of halogens is 3. The molecule has 36 heavy (non-hydrogen) atoms. The van der Waals surface area contributed by atoms with Gasteiger partial charge in [-0.05, 0) is 60.5 Å². The molecule has 188 valence electrons. The molecule has 0 aliphatic carbocycles. The maximum absolute atomic E-state index is 13.2. The first kappa shape index (κ1) is 25.0. The minimum absolute atomic E-state index is 0.00517. The smallest absolute Gasteiger partial charge is 0.497 e. The zero-order valence-corrected chi connectivity index (χ0v) is 19.8. The minimum Gasteiger partial charge on any atom is -0.497 e. The number of alkyl halides is 3. The number of methoxy groups -OCH3 is 1. The number of sulfone groups is 1. The summed E-state index contributed by atoms with van der Waals surface area (Å²) in [7, 11) is -3.99. The molecule has 8 nitrogen and oxygen atoms in total. The number of imidazole rings is 1. The van der Waals surface area contributed by atoms with Gasteiger partial charge >= 0.3 is 11.2 Å². The van der Waals surface area contributed by atoms with Crippen LogP contribution in [0.5, 0.6) is 11.6 Å². The fourth-order valence-corrected chi connectivity index (χ4v) is 4.49. The number of aromatic hydroxyl groups is 1. The molecule has 4 rings (SSSR count). The highest BCUT2D eigenvalue weighted by Crippen LogP contribution is 2.31. The van der Waals surface area contributed by atoms with Crippen molar-refractivity contribution in [2.24, 2.45) is 0 Å². The van der Waals surface area contributed by atoms with Gasteiger partial charge in [0.2, 0.25) is 5.88 Å². The molecule has 0 fully saturated rings. The second-order valence-electron chi connectivity index (χ2n) is 7.82. The average Bonchev–Trinajstić information content (AvgIpc) is 3.07. The summed E-state index contributed by atoms with van der Waals surface area (Å²) in [5, 5.41) is 10.7. The van der Waals surface area contributed by atoms with E-state index in [1.165, 1.54) is 11.5 Å². The number of hydrogen-bond acceptors (Lipinski definition) is 6. The summed E-state index contributed by atoms with van der Waals surface area (Å²) in [4.78, 5) is 16.4. The molecule has 0 saturated carbocycles. The molecule has 2 aromatic carbocycles. The van der Waals surface area contributed by atoms with Crippen molar-refractivity contribution in [3.8, 4) is 28.4 Å². The molecule has 0 atom stereocenters. The van der Waals surface area contributed by atoms with Crippen LogP contribution < -0.4 is 10.4 Å². The fourth-order valence-electron chi connectivity index (χ4n) is 3.73. The van der Waals surface area contributed by atoms with E-state index in [0.717, 1.165) is 45.5 Å². The summed E-state index contributed by atoms with van der Waals surface area (Å²) in [6, 6.07) is 12.5. The first-order valence-corrected chi connectivity index (χ1v) is 11.9. The van der Waals surface area contributed by atoms with Crippen LogP contribution in [0.4, 0.5) is 13.2 Å². The Bertz CT molecular complexity index is 1570. The predicted octanol–water partition coefficient (Wildman–Crippen LogP) is 4.07. The van der Waals surface area contributed by atoms with Crippen LogP contribution in [0.2, 0.25) is 0 Å². The maximum Gasteiger partial charge on any atom is 0.501 e. The number of benzene rings is 2. The summed E-state index contributed by atoms with van der Waals surface area (Å²) in [5.41, 5.74) is -3.59. The van der Waals surface area contributed by atoms with Gasteiger partial charge in [0.1, 0.15) is 5.75 Å². The third-order valence-corrected chi connectivity index (χ3v) is 7.22. The van der Waals surface area contributed by atoms with Gasteiger partial charge in [0.25, 0.3) is 9.84 Å². The SMILES string of the molecule is COc1ccc(-c2cnccc2Cn2c(C)c(O)n(-c3ccc(S(=O)(=O)C(F)(F)F)cc3)c2=O)cc1. The average molecular weight is 520 g/mol. The molecular weight excluding hydrogens is 499 g/mol. The van der Waals surface area contributed by atoms with Crippen molar-refractivity contribution in [2.75, 3.05) is 7.11 Å². The largest absolute Gasteiger partial charge is 0.501 e. The Morgan fingerprint density at radius 2 is 1.67 bits per heavy atom. The van der Waals surface area contributed by atoms with Crippen molar-refractivity contribution < 1.29 is 31.4 Å². The van der Waals surface area contributed by atoms with E-state index < -0.39 is 31.8 Å². The number of rotatable bonds is 6. The molecule has 0 spiro atoms. The highest BCUT2D eigenvalue weighted by atomic mass is 32.2. The van der Waals surface area contributed by atoms with E-state index >= 15 is 0 Å². The Hall–Kier alpha value is -4.06. The molecule has 0 radical (unpaired) electrons. The van der Waals surface area contributed by atoms with Gasteiger partial charge in [-0.1, -0.05) is 12.1 Å². The quantitative estimate of drug-likeness (QED) is 0.412. The molecule has 4 aromatic rings. The van der Waals surface area contributed by atoms with Crippen molar-refractivity contribution in [3.05, 3.63) is 88.7 Å². The molecule has 0 aliphatic rings. The highest BCUT2D eigenvalue weighted by Gasteiger charge is 2.46. The Balaban J connectivity index is 1.73. The number of ether oxygens (including phenoxy) is 1. The van der Waals surface area contributed by atoms with E-state index in [9.17, 15) is 31.5 Å². The van der Waals surface area contributed by atoms with Gasteiger partial charge in [0, 0.05) is 18.0 Å². The first-order chi connectivity index (χ1) is 17.0. The Morgan fingerprint density at radius 3 is 2.25 bits per heavy atom. The number of hydrogen-bond donors (Lipinski definition) is 1. The minimum atomic E-state index is -5.54. The molecule has 2 heterocycles. The lowest BCUT2D eigenvalue weighted by atomic mass is 10.0. The van der Waals surface area contributed by atoms with Crippen LogP contribution in [0.25, 0.3) is 16.8 Å². The van der Waals surface area contributed by atoms with Gasteiger partial charge in [-0.15, -0.1) is 0 Å². The Labute approximate surface area is 203 Å². The van der Waals surface area contributed by atoms with Gasteiger partial charge in [-0.2, -0.15) is 13.2 Å². The van der Waals surface area contributed by atoms with Crippen LogP contribution in [-0.4, -0.2) is 40.3 Å². The van der Waals surface area contributed by atoms with Gasteiger partial charge < -0.3 is 9.84 Å². The molecule has 12 heteroatoms. The van der Waals surface area contributed by atoms with Gasteiger partial charge in [-0.3, -0.25) is 9.55 Å². The number of nitrogens with zero attached hydrogens (tertiary/aromatic N) is 3. The Morgan fingerprint density at radius 1 is 1.03 bits per heavy atom. The van der Waals surface area contributed by atoms with Crippen LogP contribution in [-0.2, 0) is 16.4 Å². The molecule has 0 saturated heterocycles.